The minimum atomic E-state index is -0.964. The molecule has 6 heteroatoms. The van der Waals surface area contributed by atoms with Crippen molar-refractivity contribution in [3.8, 4) is 0 Å². The van der Waals surface area contributed by atoms with E-state index >= 15 is 0 Å². The third kappa shape index (κ3) is 3.16. The van der Waals surface area contributed by atoms with Crippen LogP contribution in [0.3, 0.4) is 0 Å². The van der Waals surface area contributed by atoms with Gasteiger partial charge in [0.25, 0.3) is 5.91 Å². The second-order valence-corrected chi connectivity index (χ2v) is 4.36. The Morgan fingerprint density at radius 1 is 1.44 bits per heavy atom. The first kappa shape index (κ1) is 14.4. The molecule has 0 aliphatic carbocycles. The van der Waals surface area contributed by atoms with Crippen molar-refractivity contribution in [2.24, 2.45) is 5.92 Å². The van der Waals surface area contributed by atoms with E-state index in [4.69, 9.17) is 10.8 Å². The van der Waals surface area contributed by atoms with Gasteiger partial charge in [0.05, 0.1) is 23.9 Å². The van der Waals surface area contributed by atoms with Gasteiger partial charge >= 0.3 is 0 Å². The van der Waals surface area contributed by atoms with Crippen LogP contribution in [-0.4, -0.2) is 23.7 Å². The summed E-state index contributed by atoms with van der Waals surface area (Å²) in [7, 11) is 0. The first-order valence-corrected chi connectivity index (χ1v) is 5.53. The molecule has 0 saturated carbocycles. The Morgan fingerprint density at radius 3 is 2.56 bits per heavy atom. The van der Waals surface area contributed by atoms with E-state index in [1.165, 1.54) is 0 Å². The van der Waals surface area contributed by atoms with Gasteiger partial charge in [0.15, 0.2) is 5.82 Å². The lowest BCUT2D eigenvalue weighted by Crippen LogP contribution is -2.41. The summed E-state index contributed by atoms with van der Waals surface area (Å²) in [6.45, 7) is 3.30. The van der Waals surface area contributed by atoms with E-state index in [1.807, 2.05) is 0 Å². The molecular weight excluding hydrogens is 242 g/mol. The lowest BCUT2D eigenvalue weighted by atomic mass is 10.0. The molecule has 18 heavy (non-hydrogen) atoms. The van der Waals surface area contributed by atoms with Crippen LogP contribution in [0.1, 0.15) is 24.2 Å². The van der Waals surface area contributed by atoms with Gasteiger partial charge in [-0.3, -0.25) is 4.79 Å². The fourth-order valence-electron chi connectivity index (χ4n) is 1.44. The number of nitrogen functional groups attached to an aromatic ring is 1. The fourth-order valence-corrected chi connectivity index (χ4v) is 1.44. The molecule has 4 nitrogen and oxygen atoms in total. The van der Waals surface area contributed by atoms with Crippen LogP contribution in [0.15, 0.2) is 12.1 Å². The number of rotatable bonds is 4. The molecule has 1 unspecified atom stereocenters. The van der Waals surface area contributed by atoms with Crippen molar-refractivity contribution in [2.75, 3.05) is 12.3 Å². The number of aliphatic hydroxyl groups excluding tert-OH is 1. The number of nitrogens with one attached hydrogen (secondary N) is 1. The average molecular weight is 258 g/mol. The quantitative estimate of drug-likeness (QED) is 0.712. The van der Waals surface area contributed by atoms with Crippen LogP contribution in [0, 0.1) is 17.6 Å². The van der Waals surface area contributed by atoms with Crippen molar-refractivity contribution in [3.05, 3.63) is 29.3 Å². The third-order valence-corrected chi connectivity index (χ3v) is 2.63. The highest BCUT2D eigenvalue weighted by Crippen LogP contribution is 2.17. The summed E-state index contributed by atoms with van der Waals surface area (Å²) in [5, 5.41) is 11.5. The predicted molar refractivity (Wildman–Crippen MR) is 63.9 cm³/mol. The summed E-state index contributed by atoms with van der Waals surface area (Å²) in [4.78, 5) is 11.8. The zero-order valence-electron chi connectivity index (χ0n) is 10.2. The SMILES string of the molecule is CC(C)C(CO)NC(=O)c1cc(F)cc(N)c1F. The molecule has 0 bridgehead atoms. The summed E-state index contributed by atoms with van der Waals surface area (Å²) in [6, 6.07) is 1.05. The fraction of sp³-hybridized carbons (Fsp3) is 0.417. The third-order valence-electron chi connectivity index (χ3n) is 2.63. The Morgan fingerprint density at radius 2 is 2.06 bits per heavy atom. The number of nitrogens with two attached hydrogens (primary N) is 1. The van der Waals surface area contributed by atoms with Crippen LogP contribution in [0.2, 0.25) is 0 Å². The summed E-state index contributed by atoms with van der Waals surface area (Å²) in [5.41, 5.74) is 4.35. The van der Waals surface area contributed by atoms with Crippen molar-refractivity contribution in [2.45, 2.75) is 19.9 Å². The Balaban J connectivity index is 2.97. The van der Waals surface area contributed by atoms with Crippen LogP contribution in [0.25, 0.3) is 0 Å². The summed E-state index contributed by atoms with van der Waals surface area (Å²) in [6.07, 6.45) is 0. The number of halogens is 2. The predicted octanol–water partition coefficient (Wildman–Crippen LogP) is 1.29. The number of amides is 1. The topological polar surface area (TPSA) is 75.3 Å². The Bertz CT molecular complexity index is 450. The molecule has 1 amide bonds. The van der Waals surface area contributed by atoms with Gasteiger partial charge in [0.1, 0.15) is 5.82 Å². The lowest BCUT2D eigenvalue weighted by molar-refractivity contribution is 0.0892. The molecule has 1 aromatic rings. The highest BCUT2D eigenvalue weighted by atomic mass is 19.1. The molecule has 0 spiro atoms. The van der Waals surface area contributed by atoms with E-state index in [0.29, 0.717) is 0 Å². The minimum Gasteiger partial charge on any atom is -0.396 e. The number of carbonyl (C=O) groups excluding carboxylic acids is 1. The summed E-state index contributed by atoms with van der Waals surface area (Å²) in [5.74, 6) is -2.59. The van der Waals surface area contributed by atoms with Crippen molar-refractivity contribution < 1.29 is 18.7 Å². The second kappa shape index (κ2) is 5.77. The first-order chi connectivity index (χ1) is 8.36. The zero-order valence-corrected chi connectivity index (χ0v) is 10.2. The molecule has 1 atom stereocenters. The Hall–Kier alpha value is -1.69. The van der Waals surface area contributed by atoms with E-state index in [0.717, 1.165) is 12.1 Å². The molecule has 0 saturated heterocycles. The van der Waals surface area contributed by atoms with Gasteiger partial charge in [-0.1, -0.05) is 13.8 Å². The molecule has 100 valence electrons. The van der Waals surface area contributed by atoms with Gasteiger partial charge in [-0.2, -0.15) is 0 Å². The molecule has 1 rings (SSSR count). The number of anilines is 1. The molecule has 0 radical (unpaired) electrons. The molecular formula is C12H16F2N2O2. The normalized spacial score (nSPS) is 12.6. The highest BCUT2D eigenvalue weighted by Gasteiger charge is 2.20. The summed E-state index contributed by atoms with van der Waals surface area (Å²) >= 11 is 0. The standard InChI is InChI=1S/C12H16F2N2O2/c1-6(2)10(5-17)16-12(18)8-3-7(13)4-9(15)11(8)14/h3-4,6,10,17H,5,15H2,1-2H3,(H,16,18). The van der Waals surface area contributed by atoms with Crippen molar-refractivity contribution in [1.82, 2.24) is 5.32 Å². The van der Waals surface area contributed by atoms with Gasteiger partial charge in [-0.05, 0) is 18.1 Å². The number of carbonyl (C=O) groups is 1. The van der Waals surface area contributed by atoms with E-state index in [9.17, 15) is 13.6 Å². The lowest BCUT2D eigenvalue weighted by Gasteiger charge is -2.20. The van der Waals surface area contributed by atoms with Crippen molar-refractivity contribution in [1.29, 1.82) is 0 Å². The van der Waals surface area contributed by atoms with E-state index in [-0.39, 0.29) is 12.5 Å². The molecule has 0 aliphatic rings. The van der Waals surface area contributed by atoms with Gasteiger partial charge in [-0.25, -0.2) is 8.78 Å². The van der Waals surface area contributed by atoms with Gasteiger partial charge in [0.2, 0.25) is 0 Å². The smallest absolute Gasteiger partial charge is 0.254 e. The number of aliphatic hydroxyl groups is 1. The molecule has 0 aromatic heterocycles. The maximum Gasteiger partial charge on any atom is 0.254 e. The maximum atomic E-state index is 13.6. The average Bonchev–Trinajstić information content (AvgIpc) is 2.29. The number of benzene rings is 1. The van der Waals surface area contributed by atoms with Crippen LogP contribution >= 0.6 is 0 Å². The number of hydrogen-bond donors (Lipinski definition) is 3. The van der Waals surface area contributed by atoms with Crippen LogP contribution < -0.4 is 11.1 Å². The highest BCUT2D eigenvalue weighted by molar-refractivity contribution is 5.95. The molecule has 0 heterocycles. The van der Waals surface area contributed by atoms with Crippen molar-refractivity contribution in [3.63, 3.8) is 0 Å². The second-order valence-electron chi connectivity index (χ2n) is 4.36. The van der Waals surface area contributed by atoms with Crippen LogP contribution in [0.4, 0.5) is 14.5 Å². The maximum absolute atomic E-state index is 13.6. The van der Waals surface area contributed by atoms with Gasteiger partial charge in [0, 0.05) is 0 Å². The molecule has 1 aromatic carbocycles. The van der Waals surface area contributed by atoms with Crippen molar-refractivity contribution >= 4 is 11.6 Å². The summed E-state index contributed by atoms with van der Waals surface area (Å²) < 4.78 is 26.6. The monoisotopic (exact) mass is 258 g/mol. The van der Waals surface area contributed by atoms with Crippen LogP contribution in [0.5, 0.6) is 0 Å². The Labute approximate surface area is 104 Å². The Kier molecular flexibility index (Phi) is 4.61. The minimum absolute atomic E-state index is 0.0343. The zero-order chi connectivity index (χ0) is 13.9. The molecule has 0 fully saturated rings. The molecule has 4 N–H and O–H groups in total. The van der Waals surface area contributed by atoms with Gasteiger partial charge < -0.3 is 16.2 Å². The van der Waals surface area contributed by atoms with E-state index < -0.39 is 34.8 Å². The van der Waals surface area contributed by atoms with E-state index in [2.05, 4.69) is 5.32 Å². The van der Waals surface area contributed by atoms with E-state index in [1.54, 1.807) is 13.8 Å². The number of hydrogen-bond acceptors (Lipinski definition) is 3. The first-order valence-electron chi connectivity index (χ1n) is 5.53. The largest absolute Gasteiger partial charge is 0.396 e. The van der Waals surface area contributed by atoms with Gasteiger partial charge in [-0.15, -0.1) is 0 Å². The molecule has 0 aliphatic heterocycles. The van der Waals surface area contributed by atoms with Crippen LogP contribution in [-0.2, 0) is 0 Å².